The van der Waals surface area contributed by atoms with Crippen molar-refractivity contribution in [2.45, 2.75) is 13.3 Å². The van der Waals surface area contributed by atoms with Crippen molar-refractivity contribution in [2.24, 2.45) is 23.7 Å². The number of nitrogens with one attached hydrogen (secondary N) is 1. The summed E-state index contributed by atoms with van der Waals surface area (Å²) in [4.78, 5) is 50.2. The van der Waals surface area contributed by atoms with E-state index in [0.29, 0.717) is 11.3 Å². The van der Waals surface area contributed by atoms with E-state index in [1.165, 1.54) is 0 Å². The first-order valence-corrected chi connectivity index (χ1v) is 9.10. The summed E-state index contributed by atoms with van der Waals surface area (Å²) in [5, 5.41) is 2.66. The molecular weight excluding hydrogens is 348 g/mol. The minimum Gasteiger partial charge on any atom is -0.462 e. The molecule has 0 unspecified atom stereocenters. The number of imide groups is 1. The van der Waals surface area contributed by atoms with Crippen LogP contribution in [0, 0.1) is 23.7 Å². The molecule has 1 heterocycles. The second-order valence-corrected chi connectivity index (χ2v) is 7.11. The summed E-state index contributed by atoms with van der Waals surface area (Å²) < 4.78 is 4.91. The highest BCUT2D eigenvalue weighted by Gasteiger charge is 2.59. The highest BCUT2D eigenvalue weighted by Crippen LogP contribution is 2.52. The Morgan fingerprint density at radius 1 is 1.07 bits per heavy atom. The minimum atomic E-state index is -0.444. The van der Waals surface area contributed by atoms with Crippen molar-refractivity contribution in [3.05, 3.63) is 42.0 Å². The molecule has 1 aliphatic heterocycles. The summed E-state index contributed by atoms with van der Waals surface area (Å²) in [5.41, 5.74) is 0.865. The molecule has 1 N–H and O–H groups in total. The number of ether oxygens (including phenoxy) is 1. The van der Waals surface area contributed by atoms with Gasteiger partial charge >= 0.3 is 5.97 Å². The number of likely N-dealkylation sites (tertiary alicyclic amines) is 1. The number of nitrogens with zero attached hydrogens (tertiary/aromatic N) is 1. The number of amides is 3. The van der Waals surface area contributed by atoms with Crippen LogP contribution in [0.4, 0.5) is 5.69 Å². The SMILES string of the molecule is CCOC(=O)c1ccc(NC(=O)CN2C(=O)[C@@H]3[C@@H](C2=O)[C@@H]2C=C[C@@H]3C2)cc1. The first kappa shape index (κ1) is 17.5. The van der Waals surface area contributed by atoms with Crippen molar-refractivity contribution < 1.29 is 23.9 Å². The Morgan fingerprint density at radius 3 is 2.22 bits per heavy atom. The van der Waals surface area contributed by atoms with Crippen LogP contribution in [-0.2, 0) is 19.1 Å². The smallest absolute Gasteiger partial charge is 0.338 e. The number of allylic oxidation sites excluding steroid dienone is 2. The van der Waals surface area contributed by atoms with Gasteiger partial charge in [-0.25, -0.2) is 4.79 Å². The summed E-state index contributed by atoms with van der Waals surface area (Å²) in [7, 11) is 0. The molecule has 1 aromatic rings. The fraction of sp³-hybridized carbons (Fsp3) is 0.400. The minimum absolute atomic E-state index is 0.125. The molecule has 2 bridgehead atoms. The van der Waals surface area contributed by atoms with E-state index in [1.54, 1.807) is 31.2 Å². The molecule has 3 amide bonds. The molecule has 140 valence electrons. The topological polar surface area (TPSA) is 92.8 Å². The third-order valence-electron chi connectivity index (χ3n) is 5.54. The summed E-state index contributed by atoms with van der Waals surface area (Å²) in [6.07, 6.45) is 4.90. The molecule has 1 saturated heterocycles. The van der Waals surface area contributed by atoms with Crippen molar-refractivity contribution in [1.82, 2.24) is 4.90 Å². The van der Waals surface area contributed by atoms with Crippen LogP contribution in [-0.4, -0.2) is 41.7 Å². The Balaban J connectivity index is 1.38. The lowest BCUT2D eigenvalue weighted by molar-refractivity contribution is -0.143. The Morgan fingerprint density at radius 2 is 1.67 bits per heavy atom. The summed E-state index contributed by atoms with van der Waals surface area (Å²) in [5.74, 6) is -1.71. The lowest BCUT2D eigenvalue weighted by Crippen LogP contribution is -2.39. The van der Waals surface area contributed by atoms with E-state index >= 15 is 0 Å². The summed E-state index contributed by atoms with van der Waals surface area (Å²) >= 11 is 0. The number of esters is 1. The third-order valence-corrected chi connectivity index (χ3v) is 5.54. The molecule has 1 saturated carbocycles. The highest BCUT2D eigenvalue weighted by atomic mass is 16.5. The van der Waals surface area contributed by atoms with Crippen LogP contribution in [0.1, 0.15) is 23.7 Å². The monoisotopic (exact) mass is 368 g/mol. The number of anilines is 1. The average molecular weight is 368 g/mol. The van der Waals surface area contributed by atoms with Gasteiger partial charge in [0.05, 0.1) is 24.0 Å². The molecule has 1 aromatic carbocycles. The second-order valence-electron chi connectivity index (χ2n) is 7.11. The van der Waals surface area contributed by atoms with E-state index in [-0.39, 0.29) is 48.6 Å². The van der Waals surface area contributed by atoms with Gasteiger partial charge < -0.3 is 10.1 Å². The number of carbonyl (C=O) groups is 4. The number of fused-ring (bicyclic) bond motifs is 5. The maximum absolute atomic E-state index is 12.6. The first-order valence-electron chi connectivity index (χ1n) is 9.10. The van der Waals surface area contributed by atoms with Crippen molar-refractivity contribution in [2.75, 3.05) is 18.5 Å². The van der Waals surface area contributed by atoms with Crippen LogP contribution in [0.25, 0.3) is 0 Å². The van der Waals surface area contributed by atoms with Crippen LogP contribution < -0.4 is 5.32 Å². The first-order chi connectivity index (χ1) is 13.0. The van der Waals surface area contributed by atoms with Crippen molar-refractivity contribution >= 4 is 29.4 Å². The molecule has 7 heteroatoms. The fourth-order valence-electron chi connectivity index (χ4n) is 4.37. The van der Waals surface area contributed by atoms with E-state index in [9.17, 15) is 19.2 Å². The second kappa shape index (κ2) is 6.64. The number of benzene rings is 1. The predicted molar refractivity (Wildman–Crippen MR) is 95.5 cm³/mol. The zero-order chi connectivity index (χ0) is 19.1. The quantitative estimate of drug-likeness (QED) is 0.484. The standard InChI is InChI=1S/C20H20N2O5/c1-2-27-20(26)11-5-7-14(8-6-11)21-15(23)10-22-18(24)16-12-3-4-13(9-12)17(16)19(22)25/h3-8,12-13,16-17H,2,9-10H2,1H3,(H,21,23)/t12-,13-,16+,17+/m1/s1. The molecular formula is C20H20N2O5. The molecule has 27 heavy (non-hydrogen) atoms. The van der Waals surface area contributed by atoms with Gasteiger partial charge in [0.15, 0.2) is 0 Å². The number of hydrogen-bond acceptors (Lipinski definition) is 5. The maximum atomic E-state index is 12.6. The van der Waals surface area contributed by atoms with Gasteiger partial charge in [-0.3, -0.25) is 19.3 Å². The van der Waals surface area contributed by atoms with Gasteiger partial charge in [0, 0.05) is 5.69 Å². The van der Waals surface area contributed by atoms with Gasteiger partial charge in [-0.05, 0) is 49.4 Å². The zero-order valence-corrected chi connectivity index (χ0v) is 14.9. The fourth-order valence-corrected chi connectivity index (χ4v) is 4.37. The number of rotatable bonds is 5. The molecule has 4 atom stereocenters. The molecule has 7 nitrogen and oxygen atoms in total. The van der Waals surface area contributed by atoms with Gasteiger partial charge in [0.2, 0.25) is 17.7 Å². The molecule has 3 aliphatic rings. The summed E-state index contributed by atoms with van der Waals surface area (Å²) in [6.45, 7) is 1.72. The average Bonchev–Trinajstić information content (AvgIpc) is 3.32. The Bertz CT molecular complexity index is 814. The van der Waals surface area contributed by atoms with Crippen LogP contribution in [0.5, 0.6) is 0 Å². The van der Waals surface area contributed by atoms with E-state index in [2.05, 4.69) is 5.32 Å². The van der Waals surface area contributed by atoms with Gasteiger partial charge in [0.1, 0.15) is 6.54 Å². The van der Waals surface area contributed by atoms with Crippen molar-refractivity contribution in [3.63, 3.8) is 0 Å². The lowest BCUT2D eigenvalue weighted by Gasteiger charge is -2.16. The molecule has 2 aliphatic carbocycles. The van der Waals surface area contributed by atoms with Crippen LogP contribution >= 0.6 is 0 Å². The van der Waals surface area contributed by atoms with E-state index in [1.807, 2.05) is 12.2 Å². The molecule has 4 rings (SSSR count). The van der Waals surface area contributed by atoms with E-state index < -0.39 is 11.9 Å². The van der Waals surface area contributed by atoms with Gasteiger partial charge in [-0.1, -0.05) is 12.2 Å². The predicted octanol–water partition coefficient (Wildman–Crippen LogP) is 1.61. The van der Waals surface area contributed by atoms with E-state index in [0.717, 1.165) is 11.3 Å². The largest absolute Gasteiger partial charge is 0.462 e. The lowest BCUT2D eigenvalue weighted by atomic mass is 9.85. The Hall–Kier alpha value is -2.96. The normalized spacial score (nSPS) is 27.8. The maximum Gasteiger partial charge on any atom is 0.338 e. The van der Waals surface area contributed by atoms with Gasteiger partial charge in [0.25, 0.3) is 0 Å². The van der Waals surface area contributed by atoms with Crippen LogP contribution in [0.2, 0.25) is 0 Å². The van der Waals surface area contributed by atoms with Crippen molar-refractivity contribution in [1.29, 1.82) is 0 Å². The number of carbonyl (C=O) groups excluding carboxylic acids is 4. The van der Waals surface area contributed by atoms with Crippen LogP contribution in [0.3, 0.4) is 0 Å². The Labute approximate surface area is 156 Å². The van der Waals surface area contributed by atoms with Gasteiger partial charge in [-0.2, -0.15) is 0 Å². The molecule has 0 aromatic heterocycles. The molecule has 0 radical (unpaired) electrons. The molecule has 0 spiro atoms. The van der Waals surface area contributed by atoms with Gasteiger partial charge in [-0.15, -0.1) is 0 Å². The highest BCUT2D eigenvalue weighted by molar-refractivity contribution is 6.09. The summed E-state index contributed by atoms with van der Waals surface area (Å²) in [6, 6.07) is 6.26. The zero-order valence-electron chi connectivity index (χ0n) is 14.9. The molecule has 2 fully saturated rings. The Kier molecular flexibility index (Phi) is 4.30. The third kappa shape index (κ3) is 2.93. The van der Waals surface area contributed by atoms with Crippen LogP contribution in [0.15, 0.2) is 36.4 Å². The number of hydrogen-bond donors (Lipinski definition) is 1. The van der Waals surface area contributed by atoms with E-state index in [4.69, 9.17) is 4.74 Å². The van der Waals surface area contributed by atoms with Crippen molar-refractivity contribution in [3.8, 4) is 0 Å².